The van der Waals surface area contributed by atoms with Gasteiger partial charge in [-0.15, -0.1) is 0 Å². The number of amides is 2. The molecule has 3 N–H and O–H groups in total. The van der Waals surface area contributed by atoms with Gasteiger partial charge in [-0.1, -0.05) is 18.2 Å². The molecular formula is C22H22F3N3O3. The first-order valence-corrected chi connectivity index (χ1v) is 9.58. The third kappa shape index (κ3) is 4.33. The lowest BCUT2D eigenvalue weighted by atomic mass is 10.0. The van der Waals surface area contributed by atoms with Crippen molar-refractivity contribution >= 4 is 28.8 Å². The van der Waals surface area contributed by atoms with Gasteiger partial charge >= 0.3 is 6.18 Å². The molecule has 0 aliphatic carbocycles. The summed E-state index contributed by atoms with van der Waals surface area (Å²) in [6.07, 6.45) is -4.42. The Bertz CT molecular complexity index is 1060. The molecule has 0 radical (unpaired) electrons. The van der Waals surface area contributed by atoms with Crippen LogP contribution in [-0.4, -0.2) is 28.5 Å². The molecule has 6 nitrogen and oxygen atoms in total. The molecule has 31 heavy (non-hydrogen) atoms. The molecule has 3 rings (SSSR count). The van der Waals surface area contributed by atoms with Crippen molar-refractivity contribution in [2.24, 2.45) is 5.84 Å². The Hall–Kier alpha value is -3.17. The summed E-state index contributed by atoms with van der Waals surface area (Å²) < 4.78 is 40.0. The number of aliphatic hydroxyl groups excluding tert-OH is 1. The summed E-state index contributed by atoms with van der Waals surface area (Å²) in [6.45, 7) is 3.07. The Morgan fingerprint density at radius 1 is 1.19 bits per heavy atom. The quantitative estimate of drug-likeness (QED) is 0.324. The van der Waals surface area contributed by atoms with E-state index in [4.69, 9.17) is 10.9 Å². The highest BCUT2D eigenvalue weighted by Crippen LogP contribution is 2.45. The van der Waals surface area contributed by atoms with Crippen LogP contribution in [0.2, 0.25) is 0 Å². The number of halogens is 3. The maximum atomic E-state index is 13.4. The van der Waals surface area contributed by atoms with Gasteiger partial charge in [-0.05, 0) is 50.1 Å². The van der Waals surface area contributed by atoms with Gasteiger partial charge in [0.05, 0.1) is 16.8 Å². The van der Waals surface area contributed by atoms with Gasteiger partial charge in [0.25, 0.3) is 5.91 Å². The standard InChI is InChI=1S/C22H22F3N3O3/c1-13-5-3-6-16(11-13)27-18-12-15(22(23,24)25)8-9-17(18)20(21(27)31)14(2)28(26)19(30)7-4-10-29/h3,5-6,8-9,11-12,29H,4,7,10,26H2,1-2H3/b20-14-. The second-order valence-corrected chi connectivity index (χ2v) is 7.26. The minimum atomic E-state index is -4.59. The maximum absolute atomic E-state index is 13.4. The van der Waals surface area contributed by atoms with E-state index in [9.17, 15) is 22.8 Å². The molecular weight excluding hydrogens is 411 g/mol. The fourth-order valence-corrected chi connectivity index (χ4v) is 3.47. The number of hydrazine groups is 1. The molecule has 9 heteroatoms. The molecule has 2 amide bonds. The molecule has 0 fully saturated rings. The van der Waals surface area contributed by atoms with Gasteiger partial charge in [-0.3, -0.25) is 19.5 Å². The molecule has 1 heterocycles. The molecule has 0 saturated carbocycles. The van der Waals surface area contributed by atoms with Gasteiger partial charge in [-0.25, -0.2) is 5.84 Å². The number of alkyl halides is 3. The summed E-state index contributed by atoms with van der Waals surface area (Å²) in [5.74, 6) is 4.80. The fourth-order valence-electron chi connectivity index (χ4n) is 3.47. The Kier molecular flexibility index (Phi) is 6.19. The van der Waals surface area contributed by atoms with Crippen LogP contribution in [0.5, 0.6) is 0 Å². The van der Waals surface area contributed by atoms with Crippen molar-refractivity contribution in [2.45, 2.75) is 32.9 Å². The van der Waals surface area contributed by atoms with Crippen molar-refractivity contribution in [3.63, 3.8) is 0 Å². The zero-order valence-electron chi connectivity index (χ0n) is 17.0. The number of hydrogen-bond donors (Lipinski definition) is 2. The zero-order valence-corrected chi connectivity index (χ0v) is 17.0. The summed E-state index contributed by atoms with van der Waals surface area (Å²) in [5.41, 5.74) is 0.822. The number of rotatable bonds is 5. The van der Waals surface area contributed by atoms with Crippen molar-refractivity contribution < 1.29 is 27.9 Å². The number of hydrogen-bond acceptors (Lipinski definition) is 4. The zero-order chi connectivity index (χ0) is 22.9. The second kappa shape index (κ2) is 8.52. The third-order valence-electron chi connectivity index (χ3n) is 5.05. The van der Waals surface area contributed by atoms with E-state index in [1.54, 1.807) is 31.2 Å². The Labute approximate surface area is 177 Å². The van der Waals surface area contributed by atoms with Crippen molar-refractivity contribution in [2.75, 3.05) is 11.5 Å². The second-order valence-electron chi connectivity index (χ2n) is 7.26. The number of aryl methyl sites for hydroxylation is 1. The summed E-state index contributed by atoms with van der Waals surface area (Å²) in [4.78, 5) is 26.9. The van der Waals surface area contributed by atoms with Crippen LogP contribution in [0, 0.1) is 6.92 Å². The van der Waals surface area contributed by atoms with Gasteiger partial charge in [0.1, 0.15) is 0 Å². The van der Waals surface area contributed by atoms with E-state index >= 15 is 0 Å². The lowest BCUT2D eigenvalue weighted by Crippen LogP contribution is -2.37. The van der Waals surface area contributed by atoms with Gasteiger partial charge in [0, 0.05) is 30.0 Å². The molecule has 1 aliphatic heterocycles. The molecule has 0 unspecified atom stereocenters. The number of nitrogens with two attached hydrogens (primary N) is 1. The van der Waals surface area contributed by atoms with E-state index < -0.39 is 23.6 Å². The number of anilines is 2. The minimum absolute atomic E-state index is 0.0345. The first-order valence-electron chi connectivity index (χ1n) is 9.58. The lowest BCUT2D eigenvalue weighted by molar-refractivity contribution is -0.137. The molecule has 0 atom stereocenters. The largest absolute Gasteiger partial charge is 0.416 e. The van der Waals surface area contributed by atoms with Crippen molar-refractivity contribution in [1.82, 2.24) is 5.01 Å². The van der Waals surface area contributed by atoms with Crippen molar-refractivity contribution in [3.8, 4) is 0 Å². The van der Waals surface area contributed by atoms with E-state index in [2.05, 4.69) is 0 Å². The molecule has 0 saturated heterocycles. The molecule has 0 bridgehead atoms. The minimum Gasteiger partial charge on any atom is -0.396 e. The number of carbonyl (C=O) groups excluding carboxylic acids is 2. The van der Waals surface area contributed by atoms with E-state index in [1.165, 1.54) is 17.9 Å². The van der Waals surface area contributed by atoms with Crippen LogP contribution in [0.4, 0.5) is 24.5 Å². The molecule has 2 aromatic rings. The van der Waals surface area contributed by atoms with E-state index in [0.717, 1.165) is 22.7 Å². The van der Waals surface area contributed by atoms with Crippen LogP contribution >= 0.6 is 0 Å². The molecule has 2 aromatic carbocycles. The fraction of sp³-hybridized carbons (Fsp3) is 0.273. The van der Waals surface area contributed by atoms with Crippen molar-refractivity contribution in [3.05, 3.63) is 64.9 Å². The number of nitrogens with zero attached hydrogens (tertiary/aromatic N) is 2. The van der Waals surface area contributed by atoms with Crippen molar-refractivity contribution in [1.29, 1.82) is 0 Å². The summed E-state index contributed by atoms with van der Waals surface area (Å²) in [5, 5.41) is 9.73. The highest BCUT2D eigenvalue weighted by Gasteiger charge is 2.39. The van der Waals surface area contributed by atoms with Gasteiger partial charge in [0.15, 0.2) is 0 Å². The summed E-state index contributed by atoms with van der Waals surface area (Å²) in [6, 6.07) is 9.86. The Morgan fingerprint density at radius 3 is 2.52 bits per heavy atom. The van der Waals surface area contributed by atoms with Gasteiger partial charge in [-0.2, -0.15) is 13.2 Å². The maximum Gasteiger partial charge on any atom is 0.416 e. The Balaban J connectivity index is 2.18. The first kappa shape index (κ1) is 22.5. The number of allylic oxidation sites excluding steroid dienone is 1. The highest BCUT2D eigenvalue weighted by atomic mass is 19.4. The van der Waals surface area contributed by atoms with Crippen LogP contribution < -0.4 is 10.7 Å². The van der Waals surface area contributed by atoms with E-state index in [-0.39, 0.29) is 42.0 Å². The number of fused-ring (bicyclic) bond motifs is 1. The van der Waals surface area contributed by atoms with Gasteiger partial charge in [0.2, 0.25) is 5.91 Å². The molecule has 1 aliphatic rings. The Morgan fingerprint density at radius 2 is 1.90 bits per heavy atom. The van der Waals surface area contributed by atoms with Crippen LogP contribution in [0.1, 0.15) is 36.5 Å². The van der Waals surface area contributed by atoms with Gasteiger partial charge < -0.3 is 5.11 Å². The number of benzene rings is 2. The number of carbonyl (C=O) groups is 2. The predicted octanol–water partition coefficient (Wildman–Crippen LogP) is 3.90. The monoisotopic (exact) mass is 433 g/mol. The van der Waals surface area contributed by atoms with Crippen LogP contribution in [-0.2, 0) is 15.8 Å². The summed E-state index contributed by atoms with van der Waals surface area (Å²) >= 11 is 0. The molecule has 0 aromatic heterocycles. The normalized spacial score (nSPS) is 15.2. The summed E-state index contributed by atoms with van der Waals surface area (Å²) in [7, 11) is 0. The van der Waals surface area contributed by atoms with E-state index in [0.29, 0.717) is 5.69 Å². The van der Waals surface area contributed by atoms with Crippen LogP contribution in [0.15, 0.2) is 48.2 Å². The average Bonchev–Trinajstić information content (AvgIpc) is 3.01. The smallest absolute Gasteiger partial charge is 0.396 e. The average molecular weight is 433 g/mol. The molecule has 164 valence electrons. The topological polar surface area (TPSA) is 86.9 Å². The number of aliphatic hydroxyl groups is 1. The first-order chi connectivity index (χ1) is 14.6. The molecule has 0 spiro atoms. The van der Waals surface area contributed by atoms with Crippen LogP contribution in [0.3, 0.4) is 0 Å². The lowest BCUT2D eigenvalue weighted by Gasteiger charge is -2.20. The predicted molar refractivity (Wildman–Crippen MR) is 110 cm³/mol. The third-order valence-corrected chi connectivity index (χ3v) is 5.05. The SMILES string of the molecule is C/C(=C1/C(=O)N(c2cccc(C)c2)c2cc(C(F)(F)F)ccc21)N(N)C(=O)CCCO. The highest BCUT2D eigenvalue weighted by molar-refractivity contribution is 6.35. The van der Waals surface area contributed by atoms with Crippen LogP contribution in [0.25, 0.3) is 5.57 Å². The van der Waals surface area contributed by atoms with E-state index in [1.807, 2.05) is 0 Å².